The van der Waals surface area contributed by atoms with E-state index in [1.54, 1.807) is 31.2 Å². The smallest absolute Gasteiger partial charge is 0.325 e. The van der Waals surface area contributed by atoms with Crippen LogP contribution in [0.15, 0.2) is 41.1 Å². The van der Waals surface area contributed by atoms with Crippen molar-refractivity contribution in [3.63, 3.8) is 0 Å². The zero-order valence-electron chi connectivity index (χ0n) is 13.0. The molecule has 0 unspecified atom stereocenters. The maximum atomic E-state index is 12.6. The lowest BCUT2D eigenvalue weighted by Crippen LogP contribution is -2.41. The Hall–Kier alpha value is -2.85. The molecule has 1 aliphatic heterocycles. The maximum Gasteiger partial charge on any atom is 0.325 e. The number of urea groups is 1. The minimum Gasteiger partial charge on any atom is -0.492 e. The summed E-state index contributed by atoms with van der Waals surface area (Å²) in [6.45, 7) is 2.00. The normalized spacial score (nSPS) is 19.9. The van der Waals surface area contributed by atoms with Gasteiger partial charge < -0.3 is 10.1 Å². The average Bonchev–Trinajstić information content (AvgIpc) is 3.19. The number of hydrogen-bond donors (Lipinski definition) is 1. The predicted octanol–water partition coefficient (Wildman–Crippen LogP) is 2.47. The lowest BCUT2D eigenvalue weighted by atomic mass is 9.95. The quantitative estimate of drug-likeness (QED) is 0.847. The number of carbonyl (C=O) groups is 2. The van der Waals surface area contributed by atoms with Crippen LogP contribution in [0, 0.1) is 11.3 Å². The summed E-state index contributed by atoms with van der Waals surface area (Å²) in [6, 6.07) is 10.2. The number of rotatable bonds is 5. The van der Waals surface area contributed by atoms with Gasteiger partial charge in [-0.2, -0.15) is 16.6 Å². The van der Waals surface area contributed by atoms with Gasteiger partial charge in [0.25, 0.3) is 5.91 Å². The van der Waals surface area contributed by atoms with Gasteiger partial charge in [-0.25, -0.2) is 4.79 Å². The van der Waals surface area contributed by atoms with Crippen molar-refractivity contribution < 1.29 is 14.3 Å². The summed E-state index contributed by atoms with van der Waals surface area (Å²) in [6.07, 6.45) is 0. The van der Waals surface area contributed by atoms with Gasteiger partial charge in [-0.15, -0.1) is 0 Å². The van der Waals surface area contributed by atoms with Gasteiger partial charge in [-0.3, -0.25) is 9.69 Å². The fourth-order valence-corrected chi connectivity index (χ4v) is 3.32. The molecule has 1 aromatic heterocycles. The van der Waals surface area contributed by atoms with E-state index in [4.69, 9.17) is 10.00 Å². The van der Waals surface area contributed by atoms with Crippen molar-refractivity contribution in [1.82, 2.24) is 10.2 Å². The number of carbonyl (C=O) groups excluding carboxylic acids is 2. The summed E-state index contributed by atoms with van der Waals surface area (Å²) >= 11 is 1.47. The molecule has 1 N–H and O–H groups in total. The minimum absolute atomic E-state index is 0.140. The van der Waals surface area contributed by atoms with Crippen molar-refractivity contribution in [1.29, 1.82) is 5.26 Å². The fraction of sp³-hybridized carbons (Fsp3) is 0.235. The highest BCUT2D eigenvalue weighted by Gasteiger charge is 2.48. The number of hydrogen-bond acceptors (Lipinski definition) is 5. The number of thiophene rings is 1. The first-order valence-corrected chi connectivity index (χ1v) is 8.28. The highest BCUT2D eigenvalue weighted by Crippen LogP contribution is 2.30. The standard InChI is InChI=1S/C17H15N3O3S/c1-17(13-5-8-24-11-13)15(21)20(16(22)19-17)6-7-23-14-4-2-3-12(9-14)10-18/h2-5,8-9,11H,6-7H2,1H3,(H,19,22)/t17-/m1/s1. The lowest BCUT2D eigenvalue weighted by Gasteiger charge is -2.20. The number of nitrogens with one attached hydrogen (secondary N) is 1. The first-order chi connectivity index (χ1) is 11.5. The van der Waals surface area contributed by atoms with Crippen molar-refractivity contribution in [2.75, 3.05) is 13.2 Å². The largest absolute Gasteiger partial charge is 0.492 e. The number of benzene rings is 1. The first kappa shape index (κ1) is 16.0. The summed E-state index contributed by atoms with van der Waals surface area (Å²) < 4.78 is 5.54. The molecule has 1 atom stereocenters. The Morgan fingerprint density at radius 3 is 2.92 bits per heavy atom. The molecule has 1 aromatic carbocycles. The summed E-state index contributed by atoms with van der Waals surface area (Å²) in [5.74, 6) is 0.238. The number of ether oxygens (including phenoxy) is 1. The Morgan fingerprint density at radius 2 is 2.21 bits per heavy atom. The van der Waals surface area contributed by atoms with Gasteiger partial charge in [0.05, 0.1) is 18.2 Å². The highest BCUT2D eigenvalue weighted by molar-refractivity contribution is 7.08. The van der Waals surface area contributed by atoms with Gasteiger partial charge >= 0.3 is 6.03 Å². The predicted molar refractivity (Wildman–Crippen MR) is 88.6 cm³/mol. The molecule has 1 saturated heterocycles. The molecule has 0 bridgehead atoms. The van der Waals surface area contributed by atoms with Crippen molar-refractivity contribution in [3.8, 4) is 11.8 Å². The van der Waals surface area contributed by atoms with Gasteiger partial charge in [0.2, 0.25) is 0 Å². The molecular formula is C17H15N3O3S. The molecule has 2 aromatic rings. The number of nitrogens with zero attached hydrogens (tertiary/aromatic N) is 2. The molecule has 2 heterocycles. The second-order valence-electron chi connectivity index (χ2n) is 5.51. The Labute approximate surface area is 143 Å². The molecule has 0 radical (unpaired) electrons. The third kappa shape index (κ3) is 2.84. The summed E-state index contributed by atoms with van der Waals surface area (Å²) in [5.41, 5.74) is 0.237. The van der Waals surface area contributed by atoms with E-state index in [1.807, 2.05) is 22.9 Å². The van der Waals surface area contributed by atoms with Crippen molar-refractivity contribution in [3.05, 3.63) is 52.2 Å². The number of imide groups is 1. The van der Waals surface area contributed by atoms with E-state index in [1.165, 1.54) is 11.3 Å². The first-order valence-electron chi connectivity index (χ1n) is 7.34. The monoisotopic (exact) mass is 341 g/mol. The molecule has 24 heavy (non-hydrogen) atoms. The van der Waals surface area contributed by atoms with Crippen LogP contribution in [-0.2, 0) is 10.3 Å². The van der Waals surface area contributed by atoms with Crippen LogP contribution < -0.4 is 10.1 Å². The van der Waals surface area contributed by atoms with Crippen LogP contribution in [0.2, 0.25) is 0 Å². The SMILES string of the molecule is C[C@]1(c2ccsc2)NC(=O)N(CCOc2cccc(C#N)c2)C1=O. The van der Waals surface area contributed by atoms with E-state index in [9.17, 15) is 9.59 Å². The minimum atomic E-state index is -1.03. The van der Waals surface area contributed by atoms with Crippen LogP contribution in [0.1, 0.15) is 18.1 Å². The molecular weight excluding hydrogens is 326 g/mol. The zero-order valence-corrected chi connectivity index (χ0v) is 13.8. The van der Waals surface area contributed by atoms with E-state index in [0.29, 0.717) is 11.3 Å². The van der Waals surface area contributed by atoms with E-state index in [0.717, 1.165) is 10.5 Å². The van der Waals surface area contributed by atoms with Gasteiger partial charge in [0.1, 0.15) is 17.9 Å². The van der Waals surface area contributed by atoms with E-state index in [-0.39, 0.29) is 19.1 Å². The molecule has 0 saturated carbocycles. The summed E-state index contributed by atoms with van der Waals surface area (Å²) in [5, 5.41) is 15.3. The van der Waals surface area contributed by atoms with Gasteiger partial charge in [-0.05, 0) is 47.5 Å². The van der Waals surface area contributed by atoms with Crippen LogP contribution >= 0.6 is 11.3 Å². The third-order valence-electron chi connectivity index (χ3n) is 3.92. The fourth-order valence-electron chi connectivity index (χ4n) is 2.55. The van der Waals surface area contributed by atoms with E-state index < -0.39 is 11.6 Å². The topological polar surface area (TPSA) is 82.4 Å². The molecule has 1 fully saturated rings. The van der Waals surface area contributed by atoms with Crippen LogP contribution in [0.25, 0.3) is 0 Å². The van der Waals surface area contributed by atoms with Crippen LogP contribution in [0.5, 0.6) is 5.75 Å². The Morgan fingerprint density at radius 1 is 1.38 bits per heavy atom. The molecule has 3 rings (SSSR count). The average molecular weight is 341 g/mol. The van der Waals surface area contributed by atoms with Crippen molar-refractivity contribution in [2.45, 2.75) is 12.5 Å². The van der Waals surface area contributed by atoms with E-state index >= 15 is 0 Å². The lowest BCUT2D eigenvalue weighted by molar-refractivity contribution is -0.131. The van der Waals surface area contributed by atoms with Gasteiger partial charge in [0.15, 0.2) is 0 Å². The maximum absolute atomic E-state index is 12.6. The van der Waals surface area contributed by atoms with Crippen LogP contribution in [0.4, 0.5) is 4.79 Å². The molecule has 122 valence electrons. The van der Waals surface area contributed by atoms with Gasteiger partial charge in [0, 0.05) is 0 Å². The molecule has 7 heteroatoms. The molecule has 3 amide bonds. The zero-order chi connectivity index (χ0) is 17.2. The molecule has 0 spiro atoms. The Bertz CT molecular complexity index is 813. The summed E-state index contributed by atoms with van der Waals surface area (Å²) in [4.78, 5) is 25.9. The summed E-state index contributed by atoms with van der Waals surface area (Å²) in [7, 11) is 0. The third-order valence-corrected chi connectivity index (χ3v) is 4.60. The molecule has 0 aliphatic carbocycles. The van der Waals surface area contributed by atoms with Gasteiger partial charge in [-0.1, -0.05) is 6.07 Å². The second-order valence-corrected chi connectivity index (χ2v) is 6.29. The van der Waals surface area contributed by atoms with Crippen LogP contribution in [0.3, 0.4) is 0 Å². The Kier molecular flexibility index (Phi) is 4.23. The number of amides is 3. The number of nitriles is 1. The Balaban J connectivity index is 1.64. The van der Waals surface area contributed by atoms with Crippen LogP contribution in [-0.4, -0.2) is 30.0 Å². The molecule has 6 nitrogen and oxygen atoms in total. The van der Waals surface area contributed by atoms with Crippen molar-refractivity contribution >= 4 is 23.3 Å². The second kappa shape index (κ2) is 6.34. The van der Waals surface area contributed by atoms with E-state index in [2.05, 4.69) is 5.32 Å². The molecule has 1 aliphatic rings. The highest BCUT2D eigenvalue weighted by atomic mass is 32.1. The van der Waals surface area contributed by atoms with Crippen molar-refractivity contribution in [2.24, 2.45) is 0 Å².